The first-order chi connectivity index (χ1) is 14.8. The van der Waals surface area contributed by atoms with Crippen molar-refractivity contribution in [2.45, 2.75) is 6.61 Å². The Morgan fingerprint density at radius 3 is 2.43 bits per heavy atom. The molecule has 0 amide bonds. The van der Waals surface area contributed by atoms with Crippen LogP contribution in [-0.4, -0.2) is 22.6 Å². The van der Waals surface area contributed by atoms with E-state index in [1.165, 1.54) is 0 Å². The Morgan fingerprint density at radius 1 is 0.933 bits per heavy atom. The highest BCUT2D eigenvalue weighted by Crippen LogP contribution is 2.28. The Hall–Kier alpha value is -3.90. The van der Waals surface area contributed by atoms with E-state index in [1.807, 2.05) is 77.4 Å². The molecule has 0 aliphatic heterocycles. The minimum absolute atomic E-state index is 0.172. The van der Waals surface area contributed by atoms with E-state index in [-0.39, 0.29) is 6.61 Å². The monoisotopic (exact) mass is 400 g/mol. The summed E-state index contributed by atoms with van der Waals surface area (Å²) in [5.41, 5.74) is 3.72. The van der Waals surface area contributed by atoms with Crippen LogP contribution in [0.2, 0.25) is 0 Å². The van der Waals surface area contributed by atoms with Crippen molar-refractivity contribution in [2.75, 3.05) is 7.11 Å². The lowest BCUT2D eigenvalue weighted by Gasteiger charge is -2.13. The largest absolute Gasteiger partial charge is 0.497 e. The number of carbonyl (C=O) groups excluding carboxylic acids is 1. The van der Waals surface area contributed by atoms with E-state index >= 15 is 0 Å². The molecule has 4 aromatic rings. The third-order valence-electron chi connectivity index (χ3n) is 4.58. The van der Waals surface area contributed by atoms with Crippen LogP contribution in [0, 0.1) is 0 Å². The molecule has 30 heavy (non-hydrogen) atoms. The number of pyridine rings is 1. The van der Waals surface area contributed by atoms with Gasteiger partial charge in [0.25, 0.3) is 0 Å². The van der Waals surface area contributed by atoms with Crippen molar-refractivity contribution in [2.24, 2.45) is 0 Å². The molecule has 0 aliphatic carbocycles. The number of benzene rings is 2. The molecule has 0 atom stereocenters. The molecule has 6 heteroatoms. The summed E-state index contributed by atoms with van der Waals surface area (Å²) in [4.78, 5) is 27.2. The van der Waals surface area contributed by atoms with Crippen molar-refractivity contribution in [3.8, 4) is 22.7 Å². The molecular formula is C24H20N2O4. The van der Waals surface area contributed by atoms with E-state index in [4.69, 9.17) is 14.5 Å². The van der Waals surface area contributed by atoms with Crippen molar-refractivity contribution in [3.05, 3.63) is 103 Å². The van der Waals surface area contributed by atoms with Crippen LogP contribution in [0.3, 0.4) is 0 Å². The molecule has 0 spiro atoms. The van der Waals surface area contributed by atoms with Gasteiger partial charge in [-0.05, 0) is 54.1 Å². The van der Waals surface area contributed by atoms with Crippen LogP contribution in [0.25, 0.3) is 16.9 Å². The molecule has 4 rings (SSSR count). The number of hydrogen-bond acceptors (Lipinski definition) is 5. The molecule has 2 heterocycles. The molecule has 0 saturated carbocycles. The van der Waals surface area contributed by atoms with E-state index in [2.05, 4.69) is 4.98 Å². The van der Waals surface area contributed by atoms with Crippen LogP contribution in [0.5, 0.6) is 5.75 Å². The number of rotatable bonds is 7. The number of carbonyl (C=O) groups is 1. The van der Waals surface area contributed by atoms with Crippen molar-refractivity contribution < 1.29 is 19.3 Å². The fourth-order valence-corrected chi connectivity index (χ4v) is 3.11. The SMILES string of the molecule is COc1ccc(-n2c(C(=O)OOCc3ccccc3)ccc2-c2cccnc2)cc1. The molecule has 2 aromatic heterocycles. The predicted octanol–water partition coefficient (Wildman–Crippen LogP) is 4.84. The molecule has 150 valence electrons. The fourth-order valence-electron chi connectivity index (χ4n) is 3.11. The Morgan fingerprint density at radius 2 is 1.73 bits per heavy atom. The van der Waals surface area contributed by atoms with Crippen molar-refractivity contribution in [1.82, 2.24) is 9.55 Å². The van der Waals surface area contributed by atoms with Gasteiger partial charge < -0.3 is 9.30 Å². The molecule has 0 aliphatic rings. The molecule has 0 bridgehead atoms. The maximum Gasteiger partial charge on any atom is 0.389 e. The number of methoxy groups -OCH3 is 1. The smallest absolute Gasteiger partial charge is 0.389 e. The first kappa shape index (κ1) is 19.4. The molecule has 2 aromatic carbocycles. The quantitative estimate of drug-likeness (QED) is 0.328. The molecule has 0 fully saturated rings. The minimum atomic E-state index is -0.586. The summed E-state index contributed by atoms with van der Waals surface area (Å²) in [7, 11) is 1.61. The Labute approximate surface area is 174 Å². The van der Waals surface area contributed by atoms with Gasteiger partial charge in [0.1, 0.15) is 18.1 Å². The lowest BCUT2D eigenvalue weighted by molar-refractivity contribution is -0.251. The third-order valence-corrected chi connectivity index (χ3v) is 4.58. The second kappa shape index (κ2) is 9.07. The van der Waals surface area contributed by atoms with Gasteiger partial charge in [-0.25, -0.2) is 4.79 Å². The van der Waals surface area contributed by atoms with Crippen LogP contribution in [0.4, 0.5) is 0 Å². The van der Waals surface area contributed by atoms with Crippen molar-refractivity contribution in [3.63, 3.8) is 0 Å². The van der Waals surface area contributed by atoms with Gasteiger partial charge in [-0.3, -0.25) is 9.87 Å². The van der Waals surface area contributed by atoms with E-state index in [9.17, 15) is 4.79 Å². The summed E-state index contributed by atoms with van der Waals surface area (Å²) < 4.78 is 7.05. The van der Waals surface area contributed by atoms with Gasteiger partial charge in [0.15, 0.2) is 0 Å². The average Bonchev–Trinajstić information content (AvgIpc) is 3.26. The number of aromatic nitrogens is 2. The van der Waals surface area contributed by atoms with Gasteiger partial charge in [0, 0.05) is 23.6 Å². The van der Waals surface area contributed by atoms with Crippen LogP contribution < -0.4 is 4.74 Å². The van der Waals surface area contributed by atoms with E-state index in [1.54, 1.807) is 25.6 Å². The van der Waals surface area contributed by atoms with Gasteiger partial charge in [-0.15, -0.1) is 0 Å². The standard InChI is InChI=1S/C24H20N2O4/c1-28-21-11-9-20(10-12-21)26-22(19-8-5-15-25-16-19)13-14-23(26)24(27)30-29-17-18-6-3-2-4-7-18/h2-16H,17H2,1H3. The zero-order valence-corrected chi connectivity index (χ0v) is 16.4. The van der Waals surface area contributed by atoms with Crippen molar-refractivity contribution in [1.29, 1.82) is 0 Å². The Kier molecular flexibility index (Phi) is 5.87. The van der Waals surface area contributed by atoms with Crippen LogP contribution in [0.1, 0.15) is 16.1 Å². The summed E-state index contributed by atoms with van der Waals surface area (Å²) in [6, 6.07) is 24.3. The number of nitrogens with zero attached hydrogens (tertiary/aromatic N) is 2. The van der Waals surface area contributed by atoms with E-state index in [0.717, 1.165) is 28.3 Å². The normalized spacial score (nSPS) is 10.6. The van der Waals surface area contributed by atoms with Crippen molar-refractivity contribution >= 4 is 5.97 Å². The van der Waals surface area contributed by atoms with Crippen LogP contribution in [-0.2, 0) is 16.4 Å². The van der Waals surface area contributed by atoms with E-state index in [0.29, 0.717) is 5.69 Å². The summed E-state index contributed by atoms with van der Waals surface area (Å²) in [6.07, 6.45) is 3.45. The molecule has 0 saturated heterocycles. The summed E-state index contributed by atoms with van der Waals surface area (Å²) in [6.45, 7) is 0.172. The van der Waals surface area contributed by atoms with Gasteiger partial charge in [-0.2, -0.15) is 4.89 Å². The highest BCUT2D eigenvalue weighted by Gasteiger charge is 2.20. The first-order valence-electron chi connectivity index (χ1n) is 9.40. The highest BCUT2D eigenvalue weighted by atomic mass is 17.2. The summed E-state index contributed by atoms with van der Waals surface area (Å²) >= 11 is 0. The maximum absolute atomic E-state index is 12.8. The summed E-state index contributed by atoms with van der Waals surface area (Å²) in [5, 5.41) is 0. The van der Waals surface area contributed by atoms with Gasteiger partial charge >= 0.3 is 5.97 Å². The van der Waals surface area contributed by atoms with E-state index < -0.39 is 5.97 Å². The molecular weight excluding hydrogens is 380 g/mol. The predicted molar refractivity (Wildman–Crippen MR) is 112 cm³/mol. The van der Waals surface area contributed by atoms with Crippen LogP contribution in [0.15, 0.2) is 91.3 Å². The minimum Gasteiger partial charge on any atom is -0.497 e. The lowest BCUT2D eigenvalue weighted by atomic mass is 10.2. The molecule has 6 nitrogen and oxygen atoms in total. The van der Waals surface area contributed by atoms with Gasteiger partial charge in [0.2, 0.25) is 0 Å². The zero-order valence-electron chi connectivity index (χ0n) is 16.4. The lowest BCUT2D eigenvalue weighted by Crippen LogP contribution is -2.12. The van der Waals surface area contributed by atoms with Gasteiger partial charge in [-0.1, -0.05) is 30.3 Å². The second-order valence-electron chi connectivity index (χ2n) is 6.50. The number of ether oxygens (including phenoxy) is 1. The molecule has 0 N–H and O–H groups in total. The average molecular weight is 400 g/mol. The summed E-state index contributed by atoms with van der Waals surface area (Å²) in [5.74, 6) is 0.140. The fraction of sp³-hybridized carbons (Fsp3) is 0.0833. The Balaban J connectivity index is 1.63. The molecule has 0 radical (unpaired) electrons. The van der Waals surface area contributed by atoms with Crippen LogP contribution >= 0.6 is 0 Å². The van der Waals surface area contributed by atoms with Gasteiger partial charge in [0.05, 0.1) is 12.8 Å². The topological polar surface area (TPSA) is 62.6 Å². The zero-order chi connectivity index (χ0) is 20.8. The maximum atomic E-state index is 12.8. The second-order valence-corrected chi connectivity index (χ2v) is 6.50. The third kappa shape index (κ3) is 4.24. The Bertz CT molecular complexity index is 1110. The number of hydrogen-bond donors (Lipinski definition) is 0. The highest BCUT2D eigenvalue weighted by molar-refractivity contribution is 5.90. The molecule has 0 unspecified atom stereocenters. The first-order valence-corrected chi connectivity index (χ1v) is 9.40.